The summed E-state index contributed by atoms with van der Waals surface area (Å²) >= 11 is 0. The molecule has 2 aromatic rings. The maximum absolute atomic E-state index is 12.3. The van der Waals surface area contributed by atoms with Gasteiger partial charge in [0.15, 0.2) is 0 Å². The van der Waals surface area contributed by atoms with Crippen molar-refractivity contribution >= 4 is 0 Å². The van der Waals surface area contributed by atoms with E-state index < -0.39 is 11.9 Å². The third-order valence-corrected chi connectivity index (χ3v) is 2.38. The molecule has 96 valence electrons. The minimum Gasteiger partial charge on any atom is -0.326 e. The molecule has 0 radical (unpaired) electrons. The van der Waals surface area contributed by atoms with Crippen molar-refractivity contribution in [1.82, 2.24) is 14.8 Å². The lowest BCUT2D eigenvalue weighted by Gasteiger charge is -2.06. The SMILES string of the molecule is NCc1cnn(Cc2ccc(C(F)(F)F)nc2)c1. The summed E-state index contributed by atoms with van der Waals surface area (Å²) in [6, 6.07) is 2.35. The lowest BCUT2D eigenvalue weighted by Crippen LogP contribution is -2.08. The predicted octanol–water partition coefficient (Wildman–Crippen LogP) is 1.80. The standard InChI is InChI=1S/C11H11F3N4/c12-11(13,14)10-2-1-8(4-16-10)6-18-7-9(3-15)5-17-18/h1-2,4-5,7H,3,6,15H2. The van der Waals surface area contributed by atoms with Gasteiger partial charge in [-0.15, -0.1) is 0 Å². The smallest absolute Gasteiger partial charge is 0.326 e. The zero-order valence-corrected chi connectivity index (χ0v) is 9.35. The molecule has 0 atom stereocenters. The van der Waals surface area contributed by atoms with Gasteiger partial charge in [0.1, 0.15) is 5.69 Å². The van der Waals surface area contributed by atoms with Crippen molar-refractivity contribution in [2.24, 2.45) is 5.73 Å². The van der Waals surface area contributed by atoms with E-state index in [1.807, 2.05) is 0 Å². The average molecular weight is 256 g/mol. The highest BCUT2D eigenvalue weighted by Gasteiger charge is 2.31. The second-order valence-electron chi connectivity index (χ2n) is 3.80. The molecular formula is C11H11F3N4. The van der Waals surface area contributed by atoms with E-state index in [0.29, 0.717) is 18.7 Å². The molecule has 0 unspecified atom stereocenters. The third-order valence-electron chi connectivity index (χ3n) is 2.38. The van der Waals surface area contributed by atoms with Crippen LogP contribution in [-0.4, -0.2) is 14.8 Å². The van der Waals surface area contributed by atoms with Crippen molar-refractivity contribution < 1.29 is 13.2 Å². The Kier molecular flexibility index (Phi) is 3.33. The zero-order valence-electron chi connectivity index (χ0n) is 9.35. The maximum atomic E-state index is 12.3. The van der Waals surface area contributed by atoms with Gasteiger partial charge in [-0.25, -0.2) is 0 Å². The number of nitrogens with zero attached hydrogens (tertiary/aromatic N) is 3. The van der Waals surface area contributed by atoms with E-state index in [2.05, 4.69) is 10.1 Å². The first-order valence-corrected chi connectivity index (χ1v) is 5.22. The van der Waals surface area contributed by atoms with E-state index in [4.69, 9.17) is 5.73 Å². The monoisotopic (exact) mass is 256 g/mol. The molecule has 0 aromatic carbocycles. The van der Waals surface area contributed by atoms with Crippen molar-refractivity contribution in [1.29, 1.82) is 0 Å². The first-order valence-electron chi connectivity index (χ1n) is 5.22. The number of alkyl halides is 3. The van der Waals surface area contributed by atoms with Gasteiger partial charge in [-0.2, -0.15) is 18.3 Å². The summed E-state index contributed by atoms with van der Waals surface area (Å²) in [7, 11) is 0. The van der Waals surface area contributed by atoms with Gasteiger partial charge in [-0.05, 0) is 11.6 Å². The molecule has 0 aliphatic heterocycles. The summed E-state index contributed by atoms with van der Waals surface area (Å²) in [5.41, 5.74) is 6.06. The molecule has 0 aliphatic carbocycles. The van der Waals surface area contributed by atoms with E-state index in [-0.39, 0.29) is 0 Å². The van der Waals surface area contributed by atoms with Crippen LogP contribution in [-0.2, 0) is 19.3 Å². The average Bonchev–Trinajstić information content (AvgIpc) is 2.76. The summed E-state index contributed by atoms with van der Waals surface area (Å²) in [5, 5.41) is 4.04. The lowest BCUT2D eigenvalue weighted by atomic mass is 10.2. The Morgan fingerprint density at radius 1 is 1.17 bits per heavy atom. The Balaban J connectivity index is 2.11. The van der Waals surface area contributed by atoms with Crippen LogP contribution >= 0.6 is 0 Å². The molecular weight excluding hydrogens is 245 g/mol. The molecule has 0 aliphatic rings. The molecule has 0 amide bonds. The topological polar surface area (TPSA) is 56.7 Å². The Hall–Kier alpha value is -1.89. The number of aromatic nitrogens is 3. The Labute approximate surface area is 101 Å². The van der Waals surface area contributed by atoms with Crippen LogP contribution in [0.2, 0.25) is 0 Å². The van der Waals surface area contributed by atoms with E-state index in [1.54, 1.807) is 17.1 Å². The Morgan fingerprint density at radius 2 is 1.94 bits per heavy atom. The van der Waals surface area contributed by atoms with Crippen molar-refractivity contribution in [3.8, 4) is 0 Å². The van der Waals surface area contributed by atoms with Gasteiger partial charge in [0.25, 0.3) is 0 Å². The van der Waals surface area contributed by atoms with Crippen molar-refractivity contribution in [3.05, 3.63) is 47.5 Å². The summed E-state index contributed by atoms with van der Waals surface area (Å²) in [5.74, 6) is 0. The van der Waals surface area contributed by atoms with Crippen LogP contribution < -0.4 is 5.73 Å². The van der Waals surface area contributed by atoms with Gasteiger partial charge in [0.2, 0.25) is 0 Å². The summed E-state index contributed by atoms with van der Waals surface area (Å²) < 4.78 is 38.5. The maximum Gasteiger partial charge on any atom is 0.433 e. The highest BCUT2D eigenvalue weighted by molar-refractivity contribution is 5.16. The quantitative estimate of drug-likeness (QED) is 0.911. The van der Waals surface area contributed by atoms with Gasteiger partial charge in [-0.3, -0.25) is 9.67 Å². The molecule has 0 saturated carbocycles. The molecule has 2 aromatic heterocycles. The minimum absolute atomic E-state index is 0.366. The first-order chi connectivity index (χ1) is 8.49. The highest BCUT2D eigenvalue weighted by Crippen LogP contribution is 2.27. The fraction of sp³-hybridized carbons (Fsp3) is 0.273. The molecule has 0 fully saturated rings. The second-order valence-corrected chi connectivity index (χ2v) is 3.80. The molecule has 2 N–H and O–H groups in total. The third kappa shape index (κ3) is 2.86. The lowest BCUT2D eigenvalue weighted by molar-refractivity contribution is -0.141. The number of nitrogens with two attached hydrogens (primary N) is 1. The fourth-order valence-corrected chi connectivity index (χ4v) is 1.47. The van der Waals surface area contributed by atoms with E-state index in [1.165, 1.54) is 12.3 Å². The van der Waals surface area contributed by atoms with Gasteiger partial charge in [0.05, 0.1) is 12.7 Å². The summed E-state index contributed by atoms with van der Waals surface area (Å²) in [4.78, 5) is 3.38. The van der Waals surface area contributed by atoms with Crippen molar-refractivity contribution in [3.63, 3.8) is 0 Å². The number of rotatable bonds is 3. The van der Waals surface area contributed by atoms with Crippen LogP contribution in [0, 0.1) is 0 Å². The van der Waals surface area contributed by atoms with E-state index in [9.17, 15) is 13.2 Å². The number of hydrogen-bond donors (Lipinski definition) is 1. The van der Waals surface area contributed by atoms with E-state index in [0.717, 1.165) is 11.6 Å². The minimum atomic E-state index is -4.41. The first kappa shape index (κ1) is 12.6. The molecule has 2 heterocycles. The molecule has 0 bridgehead atoms. The highest BCUT2D eigenvalue weighted by atomic mass is 19.4. The van der Waals surface area contributed by atoms with Gasteiger partial charge < -0.3 is 5.73 Å². The van der Waals surface area contributed by atoms with Crippen LogP contribution in [0.1, 0.15) is 16.8 Å². The van der Waals surface area contributed by atoms with Gasteiger partial charge in [0, 0.05) is 24.5 Å². The van der Waals surface area contributed by atoms with Crippen molar-refractivity contribution in [2.45, 2.75) is 19.3 Å². The molecule has 7 heteroatoms. The largest absolute Gasteiger partial charge is 0.433 e. The van der Waals surface area contributed by atoms with Crippen LogP contribution in [0.15, 0.2) is 30.7 Å². The van der Waals surface area contributed by atoms with Crippen LogP contribution in [0.25, 0.3) is 0 Å². The molecule has 4 nitrogen and oxygen atoms in total. The molecule has 18 heavy (non-hydrogen) atoms. The Morgan fingerprint density at radius 3 is 2.44 bits per heavy atom. The van der Waals surface area contributed by atoms with Gasteiger partial charge in [-0.1, -0.05) is 6.07 Å². The summed E-state index contributed by atoms with van der Waals surface area (Å²) in [6.45, 7) is 0.746. The predicted molar refractivity (Wildman–Crippen MR) is 58.5 cm³/mol. The zero-order chi connectivity index (χ0) is 13.2. The number of hydrogen-bond acceptors (Lipinski definition) is 3. The molecule has 0 saturated heterocycles. The van der Waals surface area contributed by atoms with Crippen molar-refractivity contribution in [2.75, 3.05) is 0 Å². The van der Waals surface area contributed by atoms with Crippen LogP contribution in [0.5, 0.6) is 0 Å². The molecule has 0 spiro atoms. The normalized spacial score (nSPS) is 11.8. The summed E-state index contributed by atoms with van der Waals surface area (Å²) in [6.07, 6.45) is 0.165. The Bertz CT molecular complexity index is 516. The fourth-order valence-electron chi connectivity index (χ4n) is 1.47. The van der Waals surface area contributed by atoms with Gasteiger partial charge >= 0.3 is 6.18 Å². The number of halogens is 3. The van der Waals surface area contributed by atoms with Crippen LogP contribution in [0.3, 0.4) is 0 Å². The van der Waals surface area contributed by atoms with E-state index >= 15 is 0 Å². The molecule has 2 rings (SSSR count). The number of pyridine rings is 1. The van der Waals surface area contributed by atoms with Crippen LogP contribution in [0.4, 0.5) is 13.2 Å². The second kappa shape index (κ2) is 4.77.